The van der Waals surface area contributed by atoms with E-state index in [0.29, 0.717) is 0 Å². The maximum Gasteiger partial charge on any atom is 0.292 e. The lowest BCUT2D eigenvalue weighted by molar-refractivity contribution is -0.383. The highest BCUT2D eigenvalue weighted by Crippen LogP contribution is 2.27. The van der Waals surface area contributed by atoms with Gasteiger partial charge in [-0.25, -0.2) is 8.42 Å². The van der Waals surface area contributed by atoms with E-state index in [1.165, 1.54) is 12.1 Å². The van der Waals surface area contributed by atoms with E-state index in [1.807, 2.05) is 0 Å². The van der Waals surface area contributed by atoms with Crippen LogP contribution < -0.4 is 11.1 Å². The minimum atomic E-state index is -3.24. The highest BCUT2D eigenvalue weighted by Gasteiger charge is 2.20. The van der Waals surface area contributed by atoms with Gasteiger partial charge in [0.2, 0.25) is 5.91 Å². The molecular weight excluding hydrogens is 322 g/mol. The number of hydrogen-bond acceptors (Lipinski definition) is 6. The van der Waals surface area contributed by atoms with Gasteiger partial charge >= 0.3 is 0 Å². The number of carbonyl (C=O) groups excluding carboxylic acids is 1. The third kappa shape index (κ3) is 5.66. The largest absolute Gasteiger partial charge is 0.320 e. The van der Waals surface area contributed by atoms with Crippen LogP contribution in [0.1, 0.15) is 6.42 Å². The molecule has 0 aromatic heterocycles. The number of rotatable bonds is 6. The molecule has 1 amide bonds. The molecule has 1 rings (SSSR count). The molecule has 0 heterocycles. The Labute approximate surface area is 126 Å². The standard InChI is InChI=1S/C11H14ClN3O5S/c1-21(19,20)5-4-8(13)11(16)14-9-6-7(12)2-3-10(9)15(17)18/h2-3,6,8H,4-5,13H2,1H3,(H,14,16). The fourth-order valence-electron chi connectivity index (χ4n) is 1.47. The monoisotopic (exact) mass is 335 g/mol. The van der Waals surface area contributed by atoms with Crippen LogP contribution in [-0.2, 0) is 14.6 Å². The molecule has 116 valence electrons. The number of nitrogens with two attached hydrogens (primary N) is 1. The van der Waals surface area contributed by atoms with Crippen molar-refractivity contribution >= 4 is 38.7 Å². The normalized spacial score (nSPS) is 12.7. The molecular formula is C11H14ClN3O5S. The van der Waals surface area contributed by atoms with Gasteiger partial charge in [-0.15, -0.1) is 0 Å². The average molecular weight is 336 g/mol. The molecule has 0 aliphatic carbocycles. The molecule has 10 heteroatoms. The van der Waals surface area contributed by atoms with Crippen molar-refractivity contribution < 1.29 is 18.1 Å². The lowest BCUT2D eigenvalue weighted by Crippen LogP contribution is -2.37. The minimum absolute atomic E-state index is 0.0843. The second-order valence-electron chi connectivity index (χ2n) is 4.43. The molecule has 1 unspecified atom stereocenters. The van der Waals surface area contributed by atoms with Crippen molar-refractivity contribution in [2.45, 2.75) is 12.5 Å². The van der Waals surface area contributed by atoms with Crippen LogP contribution in [-0.4, -0.2) is 37.3 Å². The fraction of sp³-hybridized carbons (Fsp3) is 0.364. The highest BCUT2D eigenvalue weighted by molar-refractivity contribution is 7.90. The molecule has 8 nitrogen and oxygen atoms in total. The van der Waals surface area contributed by atoms with Crippen molar-refractivity contribution in [2.75, 3.05) is 17.3 Å². The molecule has 21 heavy (non-hydrogen) atoms. The second-order valence-corrected chi connectivity index (χ2v) is 7.13. The Bertz CT molecular complexity index is 662. The van der Waals surface area contributed by atoms with Crippen LogP contribution in [0.5, 0.6) is 0 Å². The van der Waals surface area contributed by atoms with Gasteiger partial charge in [-0.05, 0) is 18.6 Å². The Morgan fingerprint density at radius 2 is 2.14 bits per heavy atom. The van der Waals surface area contributed by atoms with Crippen molar-refractivity contribution in [1.82, 2.24) is 0 Å². The summed E-state index contributed by atoms with van der Waals surface area (Å²) < 4.78 is 22.0. The second kappa shape index (κ2) is 6.83. The summed E-state index contributed by atoms with van der Waals surface area (Å²) in [6.07, 6.45) is 0.943. The molecule has 1 aromatic carbocycles. The highest BCUT2D eigenvalue weighted by atomic mass is 35.5. The van der Waals surface area contributed by atoms with Gasteiger partial charge in [-0.3, -0.25) is 14.9 Å². The maximum absolute atomic E-state index is 11.8. The number of nitro benzene ring substituents is 1. The molecule has 1 aromatic rings. The number of anilines is 1. The minimum Gasteiger partial charge on any atom is -0.320 e. The number of benzene rings is 1. The zero-order valence-electron chi connectivity index (χ0n) is 11.1. The summed E-state index contributed by atoms with van der Waals surface area (Å²) in [5.74, 6) is -0.969. The van der Waals surface area contributed by atoms with Gasteiger partial charge in [-0.2, -0.15) is 0 Å². The van der Waals surface area contributed by atoms with Crippen molar-refractivity contribution in [3.63, 3.8) is 0 Å². The zero-order chi connectivity index (χ0) is 16.2. The maximum atomic E-state index is 11.8. The summed E-state index contributed by atoms with van der Waals surface area (Å²) in [6, 6.07) is 2.60. The van der Waals surface area contributed by atoms with E-state index in [1.54, 1.807) is 0 Å². The Morgan fingerprint density at radius 1 is 1.52 bits per heavy atom. The SMILES string of the molecule is CS(=O)(=O)CCC(N)C(=O)Nc1cc(Cl)ccc1[N+](=O)[O-]. The van der Waals surface area contributed by atoms with Crippen molar-refractivity contribution in [2.24, 2.45) is 5.73 Å². The third-order valence-corrected chi connectivity index (χ3v) is 3.76. The lowest BCUT2D eigenvalue weighted by atomic mass is 10.2. The summed E-state index contributed by atoms with van der Waals surface area (Å²) in [7, 11) is -3.24. The van der Waals surface area contributed by atoms with Crippen LogP contribution in [0.3, 0.4) is 0 Å². The smallest absolute Gasteiger partial charge is 0.292 e. The number of nitro groups is 1. The van der Waals surface area contributed by atoms with Gasteiger partial charge in [0.25, 0.3) is 5.69 Å². The first kappa shape index (κ1) is 17.3. The van der Waals surface area contributed by atoms with Crippen LogP contribution in [0.25, 0.3) is 0 Å². The van der Waals surface area contributed by atoms with Crippen molar-refractivity contribution in [1.29, 1.82) is 0 Å². The molecule has 0 aliphatic rings. The average Bonchev–Trinajstić information content (AvgIpc) is 2.34. The number of nitrogens with one attached hydrogen (secondary N) is 1. The molecule has 0 radical (unpaired) electrons. The van der Waals surface area contributed by atoms with Crippen molar-refractivity contribution in [3.8, 4) is 0 Å². The summed E-state index contributed by atoms with van der Waals surface area (Å²) >= 11 is 5.72. The summed E-state index contributed by atoms with van der Waals surface area (Å²) in [6.45, 7) is 0. The number of halogens is 1. The van der Waals surface area contributed by atoms with E-state index in [9.17, 15) is 23.3 Å². The number of carbonyl (C=O) groups is 1. The van der Waals surface area contributed by atoms with E-state index >= 15 is 0 Å². The Morgan fingerprint density at radius 3 is 2.67 bits per heavy atom. The number of sulfone groups is 1. The first-order chi connectivity index (χ1) is 9.60. The van der Waals surface area contributed by atoms with E-state index < -0.39 is 26.7 Å². The van der Waals surface area contributed by atoms with Crippen LogP contribution in [0.2, 0.25) is 5.02 Å². The third-order valence-electron chi connectivity index (χ3n) is 2.55. The molecule has 0 aliphatic heterocycles. The van der Waals surface area contributed by atoms with Gasteiger partial charge < -0.3 is 11.1 Å². The van der Waals surface area contributed by atoms with Gasteiger partial charge in [0.1, 0.15) is 15.5 Å². The van der Waals surface area contributed by atoms with E-state index in [0.717, 1.165) is 12.3 Å². The summed E-state index contributed by atoms with van der Waals surface area (Å²) in [5, 5.41) is 13.3. The summed E-state index contributed by atoms with van der Waals surface area (Å²) in [5.41, 5.74) is 5.14. The van der Waals surface area contributed by atoms with E-state index in [2.05, 4.69) is 5.32 Å². The van der Waals surface area contributed by atoms with Crippen LogP contribution in [0.15, 0.2) is 18.2 Å². The number of hydrogen-bond donors (Lipinski definition) is 2. The molecule has 0 fully saturated rings. The molecule has 0 bridgehead atoms. The fourth-order valence-corrected chi connectivity index (χ4v) is 2.32. The molecule has 1 atom stereocenters. The Kier molecular flexibility index (Phi) is 5.64. The van der Waals surface area contributed by atoms with Gasteiger partial charge in [0.15, 0.2) is 0 Å². The van der Waals surface area contributed by atoms with E-state index in [-0.39, 0.29) is 28.6 Å². The van der Waals surface area contributed by atoms with Gasteiger partial charge in [-0.1, -0.05) is 11.6 Å². The van der Waals surface area contributed by atoms with Crippen LogP contribution in [0, 0.1) is 10.1 Å². The van der Waals surface area contributed by atoms with Gasteiger partial charge in [0, 0.05) is 17.3 Å². The van der Waals surface area contributed by atoms with E-state index in [4.69, 9.17) is 17.3 Å². The first-order valence-electron chi connectivity index (χ1n) is 5.78. The number of amides is 1. The topological polar surface area (TPSA) is 132 Å². The Hall–Kier alpha value is -1.71. The van der Waals surface area contributed by atoms with Crippen molar-refractivity contribution in [3.05, 3.63) is 33.3 Å². The molecule has 0 spiro atoms. The van der Waals surface area contributed by atoms with Crippen LogP contribution >= 0.6 is 11.6 Å². The summed E-state index contributed by atoms with van der Waals surface area (Å²) in [4.78, 5) is 22.0. The molecule has 0 saturated carbocycles. The predicted octanol–water partition coefficient (Wildman–Crippen LogP) is 0.949. The first-order valence-corrected chi connectivity index (χ1v) is 8.22. The number of nitrogens with zero attached hydrogens (tertiary/aromatic N) is 1. The predicted molar refractivity (Wildman–Crippen MR) is 79.0 cm³/mol. The quantitative estimate of drug-likeness (QED) is 0.587. The van der Waals surface area contributed by atoms with Crippen LogP contribution in [0.4, 0.5) is 11.4 Å². The zero-order valence-corrected chi connectivity index (χ0v) is 12.6. The Balaban J connectivity index is 2.83. The molecule has 3 N–H and O–H groups in total. The lowest BCUT2D eigenvalue weighted by Gasteiger charge is -2.12. The van der Waals surface area contributed by atoms with Gasteiger partial charge in [0.05, 0.1) is 16.7 Å². The molecule has 0 saturated heterocycles.